The quantitative estimate of drug-likeness (QED) is 0.373. The molecule has 3 heterocycles. The third-order valence-electron chi connectivity index (χ3n) is 6.00. The molecule has 3 N–H and O–H groups in total. The molecule has 1 atom stereocenters. The van der Waals surface area contributed by atoms with Gasteiger partial charge in [0, 0.05) is 17.7 Å². The topological polar surface area (TPSA) is 63.4 Å². The number of hydrogen-bond acceptors (Lipinski definition) is 5. The van der Waals surface area contributed by atoms with Gasteiger partial charge in [0.1, 0.15) is 17.9 Å². The van der Waals surface area contributed by atoms with Gasteiger partial charge < -0.3 is 10.3 Å². The summed E-state index contributed by atoms with van der Waals surface area (Å²) in [6.07, 6.45) is 0.899. The number of nitrogens with zero attached hydrogens (tertiary/aromatic N) is 2. The van der Waals surface area contributed by atoms with E-state index in [0.717, 1.165) is 47.5 Å². The Bertz CT molecular complexity index is 1340. The van der Waals surface area contributed by atoms with E-state index < -0.39 is 0 Å². The summed E-state index contributed by atoms with van der Waals surface area (Å²) in [4.78, 5) is 22.2. The minimum atomic E-state index is 0.0128. The van der Waals surface area contributed by atoms with Gasteiger partial charge in [-0.1, -0.05) is 67.2 Å². The number of hydrogen-bond donors (Lipinski definition) is 3. The Kier molecular flexibility index (Phi) is 5.98. The van der Waals surface area contributed by atoms with Crippen molar-refractivity contribution in [2.24, 2.45) is 0 Å². The summed E-state index contributed by atoms with van der Waals surface area (Å²) in [5.41, 5.74) is 10.5. The SMILES string of the molecule is C=C(C)NNc1nc2sc3c(c2c(=O)n1Cc1ccccc1)CC[NH+](Cc1ccccc1)C3. The van der Waals surface area contributed by atoms with Crippen molar-refractivity contribution in [1.29, 1.82) is 0 Å². The second kappa shape index (κ2) is 9.21. The lowest BCUT2D eigenvalue weighted by atomic mass is 10.0. The highest BCUT2D eigenvalue weighted by Gasteiger charge is 2.27. The average Bonchev–Trinajstić information content (AvgIpc) is 3.19. The van der Waals surface area contributed by atoms with Gasteiger partial charge in [0.2, 0.25) is 5.95 Å². The number of aromatic nitrogens is 2. The molecule has 0 amide bonds. The van der Waals surface area contributed by atoms with E-state index in [-0.39, 0.29) is 5.56 Å². The van der Waals surface area contributed by atoms with Crippen molar-refractivity contribution < 1.29 is 4.90 Å². The van der Waals surface area contributed by atoms with Crippen molar-refractivity contribution in [2.45, 2.75) is 33.0 Å². The Labute approximate surface area is 197 Å². The maximum atomic E-state index is 13.7. The minimum Gasteiger partial charge on any atom is -0.326 e. The predicted molar refractivity (Wildman–Crippen MR) is 134 cm³/mol. The molecule has 7 heteroatoms. The molecule has 0 spiro atoms. The highest BCUT2D eigenvalue weighted by molar-refractivity contribution is 7.18. The van der Waals surface area contributed by atoms with Gasteiger partial charge >= 0.3 is 0 Å². The van der Waals surface area contributed by atoms with Crippen LogP contribution in [0.15, 0.2) is 77.7 Å². The maximum absolute atomic E-state index is 13.7. The molecule has 168 valence electrons. The Morgan fingerprint density at radius 2 is 1.82 bits per heavy atom. The van der Waals surface area contributed by atoms with Crippen LogP contribution in [-0.4, -0.2) is 16.1 Å². The molecule has 1 aliphatic rings. The van der Waals surface area contributed by atoms with Crippen molar-refractivity contribution in [2.75, 3.05) is 12.0 Å². The molecule has 0 aliphatic carbocycles. The fourth-order valence-corrected chi connectivity index (χ4v) is 5.70. The molecule has 5 rings (SSSR count). The number of quaternary nitrogens is 1. The minimum absolute atomic E-state index is 0.0128. The number of thiophene rings is 1. The summed E-state index contributed by atoms with van der Waals surface area (Å²) in [5, 5.41) is 0.783. The monoisotopic (exact) mass is 458 g/mol. The molecule has 6 nitrogen and oxygen atoms in total. The van der Waals surface area contributed by atoms with Gasteiger partial charge in [-0.15, -0.1) is 11.3 Å². The molecule has 0 saturated carbocycles. The Hall–Kier alpha value is -3.42. The lowest BCUT2D eigenvalue weighted by molar-refractivity contribution is -0.929. The lowest BCUT2D eigenvalue weighted by Crippen LogP contribution is -3.10. The van der Waals surface area contributed by atoms with Crippen LogP contribution in [0.1, 0.15) is 28.5 Å². The Morgan fingerprint density at radius 3 is 2.52 bits per heavy atom. The standard InChI is InChI=1S/C26H27N5OS/c1-18(2)28-29-26-27-24-23(25(32)31(26)16-20-11-7-4-8-12-20)21-13-14-30(17-22(21)33-24)15-19-9-5-3-6-10-19/h3-12,28H,1,13-17H2,2H3,(H,27,29)/p+1. The highest BCUT2D eigenvalue weighted by Crippen LogP contribution is 2.30. The first kappa shape index (κ1) is 21.4. The zero-order valence-corrected chi connectivity index (χ0v) is 19.5. The molecule has 0 saturated heterocycles. The third-order valence-corrected chi connectivity index (χ3v) is 7.13. The van der Waals surface area contributed by atoms with E-state index in [1.807, 2.05) is 37.3 Å². The second-order valence-electron chi connectivity index (χ2n) is 8.62. The number of rotatable bonds is 7. The van der Waals surface area contributed by atoms with Gasteiger partial charge in [-0.3, -0.25) is 14.8 Å². The number of benzene rings is 2. The van der Waals surface area contributed by atoms with Crippen molar-refractivity contribution >= 4 is 27.5 Å². The van der Waals surface area contributed by atoms with Gasteiger partial charge in [-0.05, 0) is 18.1 Å². The molecule has 2 aromatic heterocycles. The molecular weight excluding hydrogens is 430 g/mol. The third kappa shape index (κ3) is 4.55. The number of allylic oxidation sites excluding steroid dienone is 1. The molecule has 0 radical (unpaired) electrons. The van der Waals surface area contributed by atoms with Crippen LogP contribution in [0.3, 0.4) is 0 Å². The zero-order chi connectivity index (χ0) is 22.8. The summed E-state index contributed by atoms with van der Waals surface area (Å²) in [5.74, 6) is 0.506. The second-order valence-corrected chi connectivity index (χ2v) is 9.70. The molecule has 2 aromatic carbocycles. The van der Waals surface area contributed by atoms with E-state index in [4.69, 9.17) is 4.98 Å². The summed E-state index contributed by atoms with van der Waals surface area (Å²) in [6, 6.07) is 20.6. The van der Waals surface area contributed by atoms with Gasteiger partial charge in [0.05, 0.1) is 23.4 Å². The van der Waals surface area contributed by atoms with Crippen LogP contribution >= 0.6 is 11.3 Å². The fraction of sp³-hybridized carbons (Fsp3) is 0.231. The van der Waals surface area contributed by atoms with E-state index in [1.54, 1.807) is 15.9 Å². The molecule has 0 fully saturated rings. The van der Waals surface area contributed by atoms with E-state index in [2.05, 4.69) is 47.8 Å². The maximum Gasteiger partial charge on any atom is 0.264 e. The highest BCUT2D eigenvalue weighted by atomic mass is 32.1. The van der Waals surface area contributed by atoms with Gasteiger partial charge in [0.25, 0.3) is 5.56 Å². The van der Waals surface area contributed by atoms with Gasteiger partial charge in [0.15, 0.2) is 0 Å². The van der Waals surface area contributed by atoms with Crippen LogP contribution in [0, 0.1) is 0 Å². The van der Waals surface area contributed by atoms with E-state index in [9.17, 15) is 4.79 Å². The zero-order valence-electron chi connectivity index (χ0n) is 18.7. The van der Waals surface area contributed by atoms with Crippen LogP contribution in [0.2, 0.25) is 0 Å². The number of fused-ring (bicyclic) bond motifs is 3. The van der Waals surface area contributed by atoms with Crippen LogP contribution in [-0.2, 0) is 26.1 Å². The number of hydrazine groups is 1. The summed E-state index contributed by atoms with van der Waals surface area (Å²) in [6.45, 7) is 9.13. The molecule has 1 aliphatic heterocycles. The smallest absolute Gasteiger partial charge is 0.264 e. The van der Waals surface area contributed by atoms with E-state index >= 15 is 0 Å². The predicted octanol–water partition coefficient (Wildman–Crippen LogP) is 3.10. The molecule has 4 aromatic rings. The molecule has 1 unspecified atom stereocenters. The van der Waals surface area contributed by atoms with Gasteiger partial charge in [-0.2, -0.15) is 0 Å². The van der Waals surface area contributed by atoms with E-state index in [0.29, 0.717) is 12.5 Å². The van der Waals surface area contributed by atoms with Crippen LogP contribution in [0.5, 0.6) is 0 Å². The summed E-state index contributed by atoms with van der Waals surface area (Å²) in [7, 11) is 0. The number of nitrogens with one attached hydrogen (secondary N) is 3. The Balaban J connectivity index is 1.52. The van der Waals surface area contributed by atoms with Gasteiger partial charge in [-0.25, -0.2) is 4.98 Å². The molecule has 0 bridgehead atoms. The van der Waals surface area contributed by atoms with Crippen LogP contribution in [0.4, 0.5) is 5.95 Å². The molecule has 33 heavy (non-hydrogen) atoms. The lowest BCUT2D eigenvalue weighted by Gasteiger charge is -2.24. The number of anilines is 1. The fourth-order valence-electron chi connectivity index (χ4n) is 4.42. The van der Waals surface area contributed by atoms with E-state index in [1.165, 1.54) is 20.9 Å². The van der Waals surface area contributed by atoms with Crippen molar-refractivity contribution in [1.82, 2.24) is 15.0 Å². The summed E-state index contributed by atoms with van der Waals surface area (Å²) < 4.78 is 1.73. The summed E-state index contributed by atoms with van der Waals surface area (Å²) >= 11 is 1.66. The first-order chi connectivity index (χ1) is 16.1. The van der Waals surface area contributed by atoms with Crippen molar-refractivity contribution in [3.8, 4) is 0 Å². The van der Waals surface area contributed by atoms with Crippen LogP contribution < -0.4 is 21.3 Å². The van der Waals surface area contributed by atoms with Crippen molar-refractivity contribution in [3.63, 3.8) is 0 Å². The molecular formula is C26H28N5OS+. The normalized spacial score (nSPS) is 15.2. The average molecular weight is 459 g/mol. The van der Waals surface area contributed by atoms with Crippen molar-refractivity contribution in [3.05, 3.63) is 105 Å². The largest absolute Gasteiger partial charge is 0.326 e. The first-order valence-corrected chi connectivity index (χ1v) is 12.0. The Morgan fingerprint density at radius 1 is 1.12 bits per heavy atom. The van der Waals surface area contributed by atoms with Crippen LogP contribution in [0.25, 0.3) is 10.2 Å². The first-order valence-electron chi connectivity index (χ1n) is 11.2.